The Morgan fingerprint density at radius 3 is 2.89 bits per heavy atom. The molecule has 1 aromatic rings. The van der Waals surface area contributed by atoms with Gasteiger partial charge in [-0.25, -0.2) is 4.98 Å². The number of hydrogen-bond donors (Lipinski definition) is 1. The summed E-state index contributed by atoms with van der Waals surface area (Å²) in [5, 5.41) is 4.89. The summed E-state index contributed by atoms with van der Waals surface area (Å²) in [6.07, 6.45) is 9.05. The fourth-order valence-corrected chi connectivity index (χ4v) is 4.20. The Balaban J connectivity index is 2.09. The molecule has 3 atom stereocenters. The van der Waals surface area contributed by atoms with Crippen molar-refractivity contribution in [2.45, 2.75) is 58.9 Å². The van der Waals surface area contributed by atoms with E-state index in [0.29, 0.717) is 6.04 Å². The zero-order valence-electron chi connectivity index (χ0n) is 11.9. The number of aryl methyl sites for hydroxylation is 1. The Kier molecular flexibility index (Phi) is 5.19. The van der Waals surface area contributed by atoms with Gasteiger partial charge in [-0.05, 0) is 38.1 Å². The molecule has 2 nitrogen and oxygen atoms in total. The summed E-state index contributed by atoms with van der Waals surface area (Å²) in [5.41, 5.74) is 0. The Morgan fingerprint density at radius 1 is 1.44 bits per heavy atom. The topological polar surface area (TPSA) is 24.9 Å². The molecule has 1 aromatic heterocycles. The van der Waals surface area contributed by atoms with Crippen molar-refractivity contribution in [3.63, 3.8) is 0 Å². The van der Waals surface area contributed by atoms with Crippen molar-refractivity contribution in [1.29, 1.82) is 0 Å². The SMILES string of the molecule is CCNC(c1cnc(C)s1)C1CCCC(CC)C1. The van der Waals surface area contributed by atoms with Gasteiger partial charge >= 0.3 is 0 Å². The van der Waals surface area contributed by atoms with E-state index < -0.39 is 0 Å². The molecule has 1 aliphatic carbocycles. The number of nitrogens with zero attached hydrogens (tertiary/aromatic N) is 1. The molecule has 0 spiro atoms. The summed E-state index contributed by atoms with van der Waals surface area (Å²) < 4.78 is 0. The Labute approximate surface area is 115 Å². The van der Waals surface area contributed by atoms with Crippen LogP contribution in [0.3, 0.4) is 0 Å². The Morgan fingerprint density at radius 2 is 2.28 bits per heavy atom. The highest BCUT2D eigenvalue weighted by molar-refractivity contribution is 7.11. The molecule has 0 bridgehead atoms. The van der Waals surface area contributed by atoms with E-state index in [1.54, 1.807) is 0 Å². The van der Waals surface area contributed by atoms with E-state index in [4.69, 9.17) is 0 Å². The third kappa shape index (κ3) is 3.33. The first-order valence-electron chi connectivity index (χ1n) is 7.40. The third-order valence-electron chi connectivity index (χ3n) is 4.24. The van der Waals surface area contributed by atoms with Crippen LogP contribution in [0.2, 0.25) is 0 Å². The van der Waals surface area contributed by atoms with E-state index in [0.717, 1.165) is 18.4 Å². The molecule has 1 N–H and O–H groups in total. The van der Waals surface area contributed by atoms with E-state index in [1.807, 2.05) is 11.3 Å². The predicted octanol–water partition coefficient (Wildman–Crippen LogP) is 4.32. The van der Waals surface area contributed by atoms with Crippen LogP contribution >= 0.6 is 11.3 Å². The number of aromatic nitrogens is 1. The molecule has 3 unspecified atom stereocenters. The lowest BCUT2D eigenvalue weighted by molar-refractivity contribution is 0.212. The lowest BCUT2D eigenvalue weighted by Crippen LogP contribution is -2.31. The maximum Gasteiger partial charge on any atom is 0.0897 e. The van der Waals surface area contributed by atoms with Crippen LogP contribution in [0.1, 0.15) is 61.9 Å². The molecule has 0 radical (unpaired) electrons. The van der Waals surface area contributed by atoms with Crippen molar-refractivity contribution in [3.8, 4) is 0 Å². The fraction of sp³-hybridized carbons (Fsp3) is 0.800. The molecular weight excluding hydrogens is 240 g/mol. The second-order valence-electron chi connectivity index (χ2n) is 5.52. The quantitative estimate of drug-likeness (QED) is 0.858. The Bertz CT molecular complexity index is 361. The minimum atomic E-state index is 0.538. The van der Waals surface area contributed by atoms with Crippen LogP contribution in [0.4, 0.5) is 0 Å². The molecule has 0 aliphatic heterocycles. The number of rotatable bonds is 5. The summed E-state index contributed by atoms with van der Waals surface area (Å²) in [7, 11) is 0. The molecule has 0 amide bonds. The lowest BCUT2D eigenvalue weighted by atomic mass is 9.76. The maximum absolute atomic E-state index is 4.43. The Hall–Kier alpha value is -0.410. The normalized spacial score (nSPS) is 26.2. The van der Waals surface area contributed by atoms with Crippen LogP contribution in [-0.2, 0) is 0 Å². The minimum absolute atomic E-state index is 0.538. The van der Waals surface area contributed by atoms with Crippen molar-refractivity contribution in [2.24, 2.45) is 11.8 Å². The highest BCUT2D eigenvalue weighted by atomic mass is 32.1. The van der Waals surface area contributed by atoms with E-state index in [2.05, 4.69) is 37.3 Å². The van der Waals surface area contributed by atoms with Crippen molar-refractivity contribution >= 4 is 11.3 Å². The van der Waals surface area contributed by atoms with Crippen LogP contribution in [0.15, 0.2) is 6.20 Å². The van der Waals surface area contributed by atoms with Gasteiger partial charge in [0.05, 0.1) is 5.01 Å². The average Bonchev–Trinajstić information content (AvgIpc) is 2.82. The molecular formula is C15H26N2S. The number of hydrogen-bond acceptors (Lipinski definition) is 3. The van der Waals surface area contributed by atoms with Crippen molar-refractivity contribution < 1.29 is 0 Å². The van der Waals surface area contributed by atoms with Gasteiger partial charge in [0, 0.05) is 17.1 Å². The molecule has 0 aromatic carbocycles. The zero-order valence-corrected chi connectivity index (χ0v) is 12.7. The molecule has 2 rings (SSSR count). The molecule has 1 heterocycles. The van der Waals surface area contributed by atoms with Gasteiger partial charge in [-0.15, -0.1) is 11.3 Å². The largest absolute Gasteiger partial charge is 0.309 e. The molecule has 102 valence electrons. The highest BCUT2D eigenvalue weighted by Crippen LogP contribution is 2.39. The second-order valence-corrected chi connectivity index (χ2v) is 6.78. The van der Waals surface area contributed by atoms with Gasteiger partial charge in [0.25, 0.3) is 0 Å². The zero-order chi connectivity index (χ0) is 13.0. The van der Waals surface area contributed by atoms with Gasteiger partial charge in [-0.1, -0.05) is 33.1 Å². The summed E-state index contributed by atoms with van der Waals surface area (Å²) in [4.78, 5) is 5.87. The molecule has 18 heavy (non-hydrogen) atoms. The van der Waals surface area contributed by atoms with E-state index in [9.17, 15) is 0 Å². The van der Waals surface area contributed by atoms with Gasteiger partial charge in [-0.2, -0.15) is 0 Å². The number of nitrogens with one attached hydrogen (secondary N) is 1. The van der Waals surface area contributed by atoms with Crippen molar-refractivity contribution in [2.75, 3.05) is 6.54 Å². The predicted molar refractivity (Wildman–Crippen MR) is 79.0 cm³/mol. The first-order chi connectivity index (χ1) is 8.74. The summed E-state index contributed by atoms with van der Waals surface area (Å²) in [5.74, 6) is 1.75. The second kappa shape index (κ2) is 6.67. The molecule has 1 saturated carbocycles. The summed E-state index contributed by atoms with van der Waals surface area (Å²) in [6.45, 7) is 7.70. The van der Waals surface area contributed by atoms with Crippen molar-refractivity contribution in [3.05, 3.63) is 16.1 Å². The smallest absolute Gasteiger partial charge is 0.0897 e. The molecule has 0 saturated heterocycles. The van der Waals surface area contributed by atoms with E-state index in [-0.39, 0.29) is 0 Å². The maximum atomic E-state index is 4.43. The third-order valence-corrected chi connectivity index (χ3v) is 5.24. The molecule has 3 heteroatoms. The first-order valence-corrected chi connectivity index (χ1v) is 8.21. The van der Waals surface area contributed by atoms with E-state index in [1.165, 1.54) is 42.0 Å². The highest BCUT2D eigenvalue weighted by Gasteiger charge is 2.29. The van der Waals surface area contributed by atoms with Gasteiger partial charge in [0.15, 0.2) is 0 Å². The van der Waals surface area contributed by atoms with Crippen LogP contribution in [0.5, 0.6) is 0 Å². The fourth-order valence-electron chi connectivity index (χ4n) is 3.25. The number of thiazole rings is 1. The van der Waals surface area contributed by atoms with Crippen molar-refractivity contribution in [1.82, 2.24) is 10.3 Å². The summed E-state index contributed by atoms with van der Waals surface area (Å²) in [6, 6.07) is 0.538. The van der Waals surface area contributed by atoms with Crippen LogP contribution in [0.25, 0.3) is 0 Å². The average molecular weight is 266 g/mol. The standard InChI is InChI=1S/C15H26N2S/c1-4-12-7-6-8-13(9-12)15(16-5-2)14-10-17-11(3)18-14/h10,12-13,15-16H,4-9H2,1-3H3. The lowest BCUT2D eigenvalue weighted by Gasteiger charge is -2.34. The van der Waals surface area contributed by atoms with Crippen LogP contribution < -0.4 is 5.32 Å². The van der Waals surface area contributed by atoms with Gasteiger partial charge in [0.2, 0.25) is 0 Å². The van der Waals surface area contributed by atoms with Crippen LogP contribution in [0, 0.1) is 18.8 Å². The molecule has 1 aliphatic rings. The molecule has 1 fully saturated rings. The van der Waals surface area contributed by atoms with Gasteiger partial charge in [0.1, 0.15) is 0 Å². The monoisotopic (exact) mass is 266 g/mol. The van der Waals surface area contributed by atoms with Crippen LogP contribution in [-0.4, -0.2) is 11.5 Å². The minimum Gasteiger partial charge on any atom is -0.309 e. The first kappa shape index (κ1) is 14.0. The summed E-state index contributed by atoms with van der Waals surface area (Å²) >= 11 is 1.86. The van der Waals surface area contributed by atoms with Gasteiger partial charge in [-0.3, -0.25) is 0 Å². The van der Waals surface area contributed by atoms with E-state index >= 15 is 0 Å². The van der Waals surface area contributed by atoms with Gasteiger partial charge < -0.3 is 5.32 Å².